The fourth-order valence-electron chi connectivity index (χ4n) is 2.86. The standard InChI is InChI=1S/C18H27Cl2N3O2/c1-13-9-14(19)10-17(20)16(13)11-21-18(24)23(7-6-22(2)3)12-15-5-4-8-25-15/h9-10,15H,4-8,11-12H2,1-3H3,(H,21,24)/t15-/m0/s1. The summed E-state index contributed by atoms with van der Waals surface area (Å²) in [5, 5.41) is 4.16. The van der Waals surface area contributed by atoms with E-state index in [1.165, 1.54) is 0 Å². The number of benzene rings is 1. The number of rotatable bonds is 7. The molecule has 1 fully saturated rings. The summed E-state index contributed by atoms with van der Waals surface area (Å²) in [6.45, 7) is 5.19. The molecule has 0 aromatic heterocycles. The zero-order valence-electron chi connectivity index (χ0n) is 15.1. The van der Waals surface area contributed by atoms with Crippen molar-refractivity contribution in [1.29, 1.82) is 0 Å². The quantitative estimate of drug-likeness (QED) is 0.777. The van der Waals surface area contributed by atoms with Crippen molar-refractivity contribution < 1.29 is 9.53 Å². The molecule has 0 aliphatic carbocycles. The Bertz CT molecular complexity index is 567. The highest BCUT2D eigenvalue weighted by molar-refractivity contribution is 6.35. The molecule has 0 unspecified atom stereocenters. The molecule has 1 aliphatic rings. The van der Waals surface area contributed by atoms with Gasteiger partial charge in [-0.3, -0.25) is 0 Å². The van der Waals surface area contributed by atoms with Crippen LogP contribution in [-0.2, 0) is 11.3 Å². The van der Waals surface area contributed by atoms with E-state index >= 15 is 0 Å². The van der Waals surface area contributed by atoms with E-state index in [0.717, 1.165) is 37.1 Å². The normalized spacial score (nSPS) is 17.1. The molecular weight excluding hydrogens is 361 g/mol. The van der Waals surface area contributed by atoms with Crippen LogP contribution in [0.2, 0.25) is 10.0 Å². The molecule has 1 heterocycles. The van der Waals surface area contributed by atoms with Crippen molar-refractivity contribution in [2.75, 3.05) is 40.3 Å². The van der Waals surface area contributed by atoms with Gasteiger partial charge in [0.15, 0.2) is 0 Å². The molecule has 5 nitrogen and oxygen atoms in total. The summed E-state index contributed by atoms with van der Waals surface area (Å²) in [5.41, 5.74) is 1.86. The third-order valence-corrected chi connectivity index (χ3v) is 4.91. The van der Waals surface area contributed by atoms with Gasteiger partial charge in [-0.2, -0.15) is 0 Å². The molecule has 0 spiro atoms. The molecule has 0 radical (unpaired) electrons. The minimum atomic E-state index is -0.0947. The molecule has 1 atom stereocenters. The van der Waals surface area contributed by atoms with Crippen molar-refractivity contribution >= 4 is 29.2 Å². The Hall–Kier alpha value is -1.01. The SMILES string of the molecule is Cc1cc(Cl)cc(Cl)c1CNC(=O)N(CCN(C)C)C[C@@H]1CCCO1. The summed E-state index contributed by atoms with van der Waals surface area (Å²) < 4.78 is 5.68. The second-order valence-corrected chi connectivity index (χ2v) is 7.57. The number of carbonyl (C=O) groups is 1. The van der Waals surface area contributed by atoms with Crippen LogP contribution in [0.3, 0.4) is 0 Å². The number of likely N-dealkylation sites (N-methyl/N-ethyl adjacent to an activating group) is 1. The van der Waals surface area contributed by atoms with Crippen LogP contribution < -0.4 is 5.32 Å². The lowest BCUT2D eigenvalue weighted by Gasteiger charge is -2.27. The van der Waals surface area contributed by atoms with Crippen molar-refractivity contribution in [2.24, 2.45) is 0 Å². The maximum absolute atomic E-state index is 12.7. The number of hydrogen-bond acceptors (Lipinski definition) is 3. The van der Waals surface area contributed by atoms with E-state index in [2.05, 4.69) is 10.2 Å². The number of aryl methyl sites for hydroxylation is 1. The van der Waals surface area contributed by atoms with Gasteiger partial charge in [-0.25, -0.2) is 4.79 Å². The number of ether oxygens (including phenoxy) is 1. The van der Waals surface area contributed by atoms with Crippen molar-refractivity contribution in [3.63, 3.8) is 0 Å². The Morgan fingerprint density at radius 2 is 2.08 bits per heavy atom. The van der Waals surface area contributed by atoms with Gasteiger partial charge in [0.25, 0.3) is 0 Å². The van der Waals surface area contributed by atoms with Crippen molar-refractivity contribution in [3.8, 4) is 0 Å². The summed E-state index contributed by atoms with van der Waals surface area (Å²) in [4.78, 5) is 16.6. The van der Waals surface area contributed by atoms with Crippen molar-refractivity contribution in [3.05, 3.63) is 33.3 Å². The summed E-state index contributed by atoms with van der Waals surface area (Å²) >= 11 is 12.3. The number of carbonyl (C=O) groups excluding carboxylic acids is 1. The van der Waals surface area contributed by atoms with Crippen LogP contribution in [0.1, 0.15) is 24.0 Å². The third kappa shape index (κ3) is 6.33. The highest BCUT2D eigenvalue weighted by Crippen LogP contribution is 2.24. The van der Waals surface area contributed by atoms with E-state index in [0.29, 0.717) is 29.7 Å². The molecule has 7 heteroatoms. The lowest BCUT2D eigenvalue weighted by atomic mass is 10.1. The number of nitrogens with zero attached hydrogens (tertiary/aromatic N) is 2. The van der Waals surface area contributed by atoms with E-state index in [9.17, 15) is 4.79 Å². The monoisotopic (exact) mass is 387 g/mol. The average molecular weight is 388 g/mol. The summed E-state index contributed by atoms with van der Waals surface area (Å²) in [6.07, 6.45) is 2.20. The molecule has 25 heavy (non-hydrogen) atoms. The van der Waals surface area contributed by atoms with Crippen LogP contribution in [0.15, 0.2) is 12.1 Å². The number of halogens is 2. The summed E-state index contributed by atoms with van der Waals surface area (Å²) in [5.74, 6) is 0. The van der Waals surface area contributed by atoms with Crippen LogP contribution >= 0.6 is 23.2 Å². The molecule has 140 valence electrons. The molecule has 0 saturated carbocycles. The average Bonchev–Trinajstić information content (AvgIpc) is 3.02. The predicted octanol–water partition coefficient (Wildman–Crippen LogP) is 3.55. The van der Waals surface area contributed by atoms with Crippen LogP contribution in [0.25, 0.3) is 0 Å². The maximum atomic E-state index is 12.7. The molecule has 1 saturated heterocycles. The first-order chi connectivity index (χ1) is 11.9. The van der Waals surface area contributed by atoms with Crippen LogP contribution in [0.4, 0.5) is 4.79 Å². The van der Waals surface area contributed by atoms with Gasteiger partial charge >= 0.3 is 6.03 Å². The van der Waals surface area contributed by atoms with Gasteiger partial charge in [0, 0.05) is 42.8 Å². The third-order valence-electron chi connectivity index (χ3n) is 4.35. The molecule has 1 aliphatic heterocycles. The maximum Gasteiger partial charge on any atom is 0.317 e. The van der Waals surface area contributed by atoms with Crippen LogP contribution in [0, 0.1) is 6.92 Å². The predicted molar refractivity (Wildman–Crippen MR) is 103 cm³/mol. The first kappa shape index (κ1) is 20.3. The first-order valence-corrected chi connectivity index (χ1v) is 9.36. The minimum Gasteiger partial charge on any atom is -0.376 e. The van der Waals surface area contributed by atoms with E-state index in [1.54, 1.807) is 6.07 Å². The molecular formula is C18H27Cl2N3O2. The van der Waals surface area contributed by atoms with E-state index in [1.807, 2.05) is 32.0 Å². The van der Waals surface area contributed by atoms with Crippen molar-refractivity contribution in [1.82, 2.24) is 15.1 Å². The zero-order chi connectivity index (χ0) is 18.4. The molecule has 1 N–H and O–H groups in total. The fraction of sp³-hybridized carbons (Fsp3) is 0.611. The molecule has 2 amide bonds. The second kappa shape index (κ2) is 9.62. The first-order valence-electron chi connectivity index (χ1n) is 8.60. The highest BCUT2D eigenvalue weighted by atomic mass is 35.5. The zero-order valence-corrected chi connectivity index (χ0v) is 16.7. The summed E-state index contributed by atoms with van der Waals surface area (Å²) in [7, 11) is 4.00. The fourth-order valence-corrected chi connectivity index (χ4v) is 3.52. The number of hydrogen-bond donors (Lipinski definition) is 1. The Labute approximate surface area is 160 Å². The highest BCUT2D eigenvalue weighted by Gasteiger charge is 2.22. The van der Waals surface area contributed by atoms with Crippen LogP contribution in [-0.4, -0.2) is 62.3 Å². The van der Waals surface area contributed by atoms with Gasteiger partial charge in [0.05, 0.1) is 6.10 Å². The van der Waals surface area contributed by atoms with Gasteiger partial charge in [-0.05, 0) is 57.1 Å². The Morgan fingerprint density at radius 3 is 2.68 bits per heavy atom. The van der Waals surface area contributed by atoms with E-state index in [4.69, 9.17) is 27.9 Å². The van der Waals surface area contributed by atoms with E-state index in [-0.39, 0.29) is 12.1 Å². The van der Waals surface area contributed by atoms with Gasteiger partial charge in [0.2, 0.25) is 0 Å². The smallest absolute Gasteiger partial charge is 0.317 e. The number of nitrogens with one attached hydrogen (secondary N) is 1. The molecule has 2 rings (SSSR count). The number of amides is 2. The van der Waals surface area contributed by atoms with Gasteiger partial charge in [-0.15, -0.1) is 0 Å². The lowest BCUT2D eigenvalue weighted by molar-refractivity contribution is 0.0795. The molecule has 0 bridgehead atoms. The second-order valence-electron chi connectivity index (χ2n) is 6.73. The van der Waals surface area contributed by atoms with E-state index < -0.39 is 0 Å². The van der Waals surface area contributed by atoms with Gasteiger partial charge < -0.3 is 19.9 Å². The van der Waals surface area contributed by atoms with Crippen molar-refractivity contribution in [2.45, 2.75) is 32.4 Å². The Morgan fingerprint density at radius 1 is 1.32 bits per heavy atom. The lowest BCUT2D eigenvalue weighted by Crippen LogP contribution is -2.46. The molecule has 1 aromatic rings. The topological polar surface area (TPSA) is 44.8 Å². The Balaban J connectivity index is 1.98. The number of urea groups is 1. The largest absolute Gasteiger partial charge is 0.376 e. The molecule has 1 aromatic carbocycles. The van der Waals surface area contributed by atoms with Gasteiger partial charge in [-0.1, -0.05) is 23.2 Å². The van der Waals surface area contributed by atoms with Crippen LogP contribution in [0.5, 0.6) is 0 Å². The van der Waals surface area contributed by atoms with Gasteiger partial charge in [0.1, 0.15) is 0 Å². The minimum absolute atomic E-state index is 0.0947. The summed E-state index contributed by atoms with van der Waals surface area (Å²) in [6, 6.07) is 3.46. The Kier molecular flexibility index (Phi) is 7.81.